The Morgan fingerprint density at radius 1 is 0.688 bits per heavy atom. The fraction of sp³-hybridized carbons (Fsp3) is 0.0357. The van der Waals surface area contributed by atoms with Crippen LogP contribution in [0, 0.1) is 11.3 Å². The molecule has 0 aliphatic heterocycles. The molecule has 1 N–H and O–H groups in total. The number of allylic oxidation sites excluding steroid dienone is 1. The zero-order chi connectivity index (χ0) is 21.5. The van der Waals surface area contributed by atoms with E-state index < -0.39 is 7.26 Å². The topological polar surface area (TPSA) is 35.8 Å². The SMILES string of the molecule is C/C(=C\[P+](c1ccccc1)(c1ccccc1)c1ccccc1)Nc1ccccc1C#N.[Br-]. The van der Waals surface area contributed by atoms with E-state index in [1.54, 1.807) is 0 Å². The van der Waals surface area contributed by atoms with Crippen molar-refractivity contribution in [3.63, 3.8) is 0 Å². The molecule has 32 heavy (non-hydrogen) atoms. The molecule has 4 aromatic rings. The van der Waals surface area contributed by atoms with Gasteiger partial charge in [-0.15, -0.1) is 0 Å². The van der Waals surface area contributed by atoms with Gasteiger partial charge in [-0.2, -0.15) is 5.26 Å². The minimum absolute atomic E-state index is 0. The molecule has 0 saturated heterocycles. The first-order valence-electron chi connectivity index (χ1n) is 10.3. The Hall–Kier alpha value is -3.18. The van der Waals surface area contributed by atoms with Crippen LogP contribution in [-0.2, 0) is 0 Å². The van der Waals surface area contributed by atoms with Crippen LogP contribution in [0.3, 0.4) is 0 Å². The van der Waals surface area contributed by atoms with Crippen LogP contribution in [0.4, 0.5) is 5.69 Å². The molecule has 0 saturated carbocycles. The number of hydrogen-bond donors (Lipinski definition) is 1. The van der Waals surface area contributed by atoms with Crippen molar-refractivity contribution in [3.8, 4) is 6.07 Å². The number of nitriles is 1. The minimum Gasteiger partial charge on any atom is -1.00 e. The normalized spacial score (nSPS) is 11.2. The summed E-state index contributed by atoms with van der Waals surface area (Å²) in [6.07, 6.45) is 0. The Morgan fingerprint density at radius 3 is 1.53 bits per heavy atom. The molecule has 4 heteroatoms. The first-order chi connectivity index (χ1) is 15.2. The van der Waals surface area contributed by atoms with Crippen LogP contribution >= 0.6 is 7.26 Å². The number of halogens is 1. The predicted octanol–water partition coefficient (Wildman–Crippen LogP) is 2.83. The van der Waals surface area contributed by atoms with Crippen LogP contribution in [0.1, 0.15) is 12.5 Å². The van der Waals surface area contributed by atoms with Gasteiger partial charge in [0.25, 0.3) is 0 Å². The summed E-state index contributed by atoms with van der Waals surface area (Å²) in [5.74, 6) is 2.38. The largest absolute Gasteiger partial charge is 1.00 e. The Labute approximate surface area is 201 Å². The maximum absolute atomic E-state index is 9.50. The van der Waals surface area contributed by atoms with E-state index in [0.29, 0.717) is 5.56 Å². The van der Waals surface area contributed by atoms with Gasteiger partial charge in [-0.25, -0.2) is 0 Å². The smallest absolute Gasteiger partial charge is 0.138 e. The number of rotatable bonds is 6. The van der Waals surface area contributed by atoms with E-state index in [9.17, 15) is 5.26 Å². The average molecular weight is 499 g/mol. The van der Waals surface area contributed by atoms with E-state index in [2.05, 4.69) is 115 Å². The maximum Gasteiger partial charge on any atom is 0.138 e. The summed E-state index contributed by atoms with van der Waals surface area (Å²) in [4.78, 5) is 0. The van der Waals surface area contributed by atoms with E-state index in [4.69, 9.17) is 0 Å². The standard InChI is InChI=1S/C28H24N2P.BrH/c1-23(30-28-20-12-11-13-24(28)21-29)22-31(25-14-5-2-6-15-25,26-16-7-3-8-17-26)27-18-9-4-10-19-27;/h2-20,22,30H,1H3;1H/q+1;/p-1/b23-22+;. The van der Waals surface area contributed by atoms with E-state index in [-0.39, 0.29) is 17.0 Å². The van der Waals surface area contributed by atoms with Gasteiger partial charge in [-0.05, 0) is 55.5 Å². The van der Waals surface area contributed by atoms with Crippen LogP contribution in [-0.4, -0.2) is 0 Å². The van der Waals surface area contributed by atoms with Gasteiger partial charge in [0, 0.05) is 5.70 Å². The zero-order valence-corrected chi connectivity index (χ0v) is 20.3. The van der Waals surface area contributed by atoms with Crippen LogP contribution in [0.5, 0.6) is 0 Å². The number of para-hydroxylation sites is 1. The fourth-order valence-corrected chi connectivity index (χ4v) is 7.80. The summed E-state index contributed by atoms with van der Waals surface area (Å²) in [6, 6.07) is 42.1. The molecule has 158 valence electrons. The molecular weight excluding hydrogens is 475 g/mol. The van der Waals surface area contributed by atoms with E-state index in [1.165, 1.54) is 15.9 Å². The molecule has 4 aromatic carbocycles. The molecule has 0 aliphatic carbocycles. The summed E-state index contributed by atoms with van der Waals surface area (Å²) < 4.78 is 0. The number of hydrogen-bond acceptors (Lipinski definition) is 2. The van der Waals surface area contributed by atoms with Gasteiger partial charge < -0.3 is 22.3 Å². The lowest BCUT2D eigenvalue weighted by atomic mass is 10.2. The van der Waals surface area contributed by atoms with E-state index >= 15 is 0 Å². The Bertz CT molecular complexity index is 1120. The molecule has 0 atom stereocenters. The monoisotopic (exact) mass is 498 g/mol. The number of nitrogens with one attached hydrogen (secondary N) is 1. The van der Waals surface area contributed by atoms with Crippen molar-refractivity contribution in [2.45, 2.75) is 6.92 Å². The van der Waals surface area contributed by atoms with Crippen molar-refractivity contribution >= 4 is 28.9 Å². The second-order valence-electron chi connectivity index (χ2n) is 7.32. The van der Waals surface area contributed by atoms with Gasteiger partial charge in [0.15, 0.2) is 0 Å². The second-order valence-corrected chi connectivity index (χ2v) is 10.6. The van der Waals surface area contributed by atoms with Gasteiger partial charge in [0.05, 0.1) is 17.1 Å². The molecule has 0 fully saturated rings. The summed E-state index contributed by atoms with van der Waals surface area (Å²) >= 11 is 0. The first kappa shape index (κ1) is 23.5. The lowest BCUT2D eigenvalue weighted by molar-refractivity contribution is -0.00000628. The fourth-order valence-electron chi connectivity index (χ4n) is 3.88. The van der Waals surface area contributed by atoms with Crippen molar-refractivity contribution in [2.24, 2.45) is 0 Å². The molecule has 0 amide bonds. The van der Waals surface area contributed by atoms with E-state index in [1.807, 2.05) is 24.3 Å². The quantitative estimate of drug-likeness (QED) is 0.415. The van der Waals surface area contributed by atoms with Gasteiger partial charge in [0.2, 0.25) is 0 Å². The summed E-state index contributed by atoms with van der Waals surface area (Å²) in [5.41, 5.74) is 2.48. The molecule has 4 rings (SSSR count). The lowest BCUT2D eigenvalue weighted by Crippen LogP contribution is -3.00. The predicted molar refractivity (Wildman–Crippen MR) is 134 cm³/mol. The number of benzene rings is 4. The highest BCUT2D eigenvalue weighted by molar-refractivity contribution is 7.98. The molecule has 0 aromatic heterocycles. The Morgan fingerprint density at radius 2 is 1.09 bits per heavy atom. The third-order valence-electron chi connectivity index (χ3n) is 5.26. The van der Waals surface area contributed by atoms with Gasteiger partial charge in [-0.1, -0.05) is 66.7 Å². The Balaban J connectivity index is 0.00000289. The Kier molecular flexibility index (Phi) is 8.01. The van der Waals surface area contributed by atoms with Crippen LogP contribution in [0.2, 0.25) is 0 Å². The zero-order valence-electron chi connectivity index (χ0n) is 17.8. The summed E-state index contributed by atoms with van der Waals surface area (Å²) in [5, 5.41) is 16.9. The lowest BCUT2D eigenvalue weighted by Gasteiger charge is -2.25. The third-order valence-corrected chi connectivity index (χ3v) is 9.37. The second kappa shape index (κ2) is 10.9. The summed E-state index contributed by atoms with van der Waals surface area (Å²) in [7, 11) is -2.08. The molecule has 0 heterocycles. The first-order valence-corrected chi connectivity index (χ1v) is 12.1. The van der Waals surface area contributed by atoms with Crippen LogP contribution in [0.15, 0.2) is 127 Å². The van der Waals surface area contributed by atoms with Gasteiger partial charge in [0.1, 0.15) is 29.2 Å². The number of anilines is 1. The minimum atomic E-state index is -2.08. The summed E-state index contributed by atoms with van der Waals surface area (Å²) in [6.45, 7) is 2.08. The molecule has 0 aliphatic rings. The van der Waals surface area contributed by atoms with Gasteiger partial charge in [-0.3, -0.25) is 0 Å². The van der Waals surface area contributed by atoms with Crippen LogP contribution < -0.4 is 38.2 Å². The molecule has 0 unspecified atom stereocenters. The van der Waals surface area contributed by atoms with Crippen LogP contribution in [0.25, 0.3) is 0 Å². The third kappa shape index (κ3) is 4.83. The van der Waals surface area contributed by atoms with Crippen molar-refractivity contribution in [2.75, 3.05) is 5.32 Å². The molecule has 0 spiro atoms. The van der Waals surface area contributed by atoms with E-state index in [0.717, 1.165) is 11.4 Å². The van der Waals surface area contributed by atoms with Crippen molar-refractivity contribution in [1.82, 2.24) is 0 Å². The molecule has 2 nitrogen and oxygen atoms in total. The number of nitrogens with zero attached hydrogens (tertiary/aromatic N) is 1. The maximum atomic E-state index is 9.50. The molecule has 0 bridgehead atoms. The van der Waals surface area contributed by atoms with Crippen molar-refractivity contribution in [3.05, 3.63) is 132 Å². The highest BCUT2D eigenvalue weighted by atomic mass is 79.9. The van der Waals surface area contributed by atoms with Crippen molar-refractivity contribution < 1.29 is 17.0 Å². The molecule has 0 radical (unpaired) electrons. The average Bonchev–Trinajstić information content (AvgIpc) is 2.84. The highest BCUT2D eigenvalue weighted by Crippen LogP contribution is 2.57. The molecular formula is C28H24BrN2P. The van der Waals surface area contributed by atoms with Crippen molar-refractivity contribution in [1.29, 1.82) is 5.26 Å². The highest BCUT2D eigenvalue weighted by Gasteiger charge is 2.43. The van der Waals surface area contributed by atoms with Gasteiger partial charge >= 0.3 is 0 Å².